The molecule has 0 saturated heterocycles. The van der Waals surface area contributed by atoms with E-state index in [1.165, 1.54) is 6.20 Å². The van der Waals surface area contributed by atoms with Gasteiger partial charge in [0, 0.05) is 18.8 Å². The zero-order chi connectivity index (χ0) is 15.2. The van der Waals surface area contributed by atoms with Crippen LogP contribution in [0, 0.1) is 0 Å². The van der Waals surface area contributed by atoms with Gasteiger partial charge in [-0.15, -0.1) is 0 Å². The van der Waals surface area contributed by atoms with Crippen molar-refractivity contribution in [2.24, 2.45) is 5.73 Å². The molecule has 0 fully saturated rings. The van der Waals surface area contributed by atoms with Crippen molar-refractivity contribution < 1.29 is 9.32 Å². The molecule has 2 aromatic heterocycles. The number of pyridine rings is 1. The third kappa shape index (κ3) is 3.58. The van der Waals surface area contributed by atoms with E-state index in [2.05, 4.69) is 22.4 Å². The first kappa shape index (κ1) is 15.4. The number of carbonyl (C=O) groups excluding carboxylic acids is 1. The summed E-state index contributed by atoms with van der Waals surface area (Å²) in [7, 11) is 0. The van der Waals surface area contributed by atoms with E-state index in [1.807, 2.05) is 6.92 Å². The van der Waals surface area contributed by atoms with Gasteiger partial charge in [-0.25, -0.2) is 4.98 Å². The Morgan fingerprint density at radius 1 is 1.48 bits per heavy atom. The number of carbonyl (C=O) groups is 1. The molecular weight excluding hydrogens is 268 g/mol. The van der Waals surface area contributed by atoms with Gasteiger partial charge in [0.15, 0.2) is 0 Å². The van der Waals surface area contributed by atoms with Crippen molar-refractivity contribution in [3.63, 3.8) is 0 Å². The van der Waals surface area contributed by atoms with Gasteiger partial charge in [-0.1, -0.05) is 31.8 Å². The summed E-state index contributed by atoms with van der Waals surface area (Å²) >= 11 is 0. The second-order valence-electron chi connectivity index (χ2n) is 5.11. The van der Waals surface area contributed by atoms with E-state index in [0.29, 0.717) is 17.8 Å². The Bertz CT molecular complexity index is 609. The highest BCUT2D eigenvalue weighted by Crippen LogP contribution is 2.18. The molecule has 2 rings (SSSR count). The fourth-order valence-corrected chi connectivity index (χ4v) is 2.23. The van der Waals surface area contributed by atoms with Crippen LogP contribution in [0.3, 0.4) is 0 Å². The zero-order valence-electron chi connectivity index (χ0n) is 12.6. The summed E-state index contributed by atoms with van der Waals surface area (Å²) in [5.74, 6) is -0.154. The molecule has 2 heterocycles. The lowest BCUT2D eigenvalue weighted by molar-refractivity contribution is 0.0935. The lowest BCUT2D eigenvalue weighted by atomic mass is 10.1. The molecule has 0 spiro atoms. The van der Waals surface area contributed by atoms with Gasteiger partial charge in [-0.2, -0.15) is 0 Å². The minimum absolute atomic E-state index is 0.00117. The third-order valence-corrected chi connectivity index (χ3v) is 3.53. The van der Waals surface area contributed by atoms with Crippen LogP contribution in [0.1, 0.15) is 49.2 Å². The predicted octanol–water partition coefficient (Wildman–Crippen LogP) is 2.03. The minimum Gasteiger partial charge on any atom is -0.348 e. The molecule has 0 bridgehead atoms. The van der Waals surface area contributed by atoms with Crippen molar-refractivity contribution in [2.75, 3.05) is 6.54 Å². The number of nitrogens with two attached hydrogens (primary N) is 1. The molecule has 0 aliphatic heterocycles. The Hall–Kier alpha value is -1.95. The average Bonchev–Trinajstić information content (AvgIpc) is 2.93. The molecule has 2 aromatic rings. The summed E-state index contributed by atoms with van der Waals surface area (Å²) < 4.78 is 5.12. The second-order valence-corrected chi connectivity index (χ2v) is 5.11. The highest BCUT2D eigenvalue weighted by molar-refractivity contribution is 5.97. The van der Waals surface area contributed by atoms with Crippen LogP contribution in [0.5, 0.6) is 0 Å². The zero-order valence-corrected chi connectivity index (χ0v) is 12.6. The van der Waals surface area contributed by atoms with E-state index in [-0.39, 0.29) is 11.9 Å². The molecule has 1 amide bonds. The molecule has 0 aromatic carbocycles. The first-order valence-electron chi connectivity index (χ1n) is 7.44. The van der Waals surface area contributed by atoms with Crippen LogP contribution in [0.2, 0.25) is 0 Å². The average molecular weight is 290 g/mol. The fourth-order valence-electron chi connectivity index (χ4n) is 2.23. The van der Waals surface area contributed by atoms with Gasteiger partial charge in [-0.3, -0.25) is 4.79 Å². The molecule has 3 N–H and O–H groups in total. The Kier molecular flexibility index (Phi) is 5.27. The van der Waals surface area contributed by atoms with E-state index >= 15 is 0 Å². The summed E-state index contributed by atoms with van der Waals surface area (Å²) in [6.07, 6.45) is 5.27. The van der Waals surface area contributed by atoms with Crippen molar-refractivity contribution in [3.05, 3.63) is 23.5 Å². The van der Waals surface area contributed by atoms with Crippen LogP contribution in [0.15, 0.2) is 16.8 Å². The lowest BCUT2D eigenvalue weighted by Crippen LogP contribution is -2.40. The minimum atomic E-state index is -0.154. The number of unbranched alkanes of at least 4 members (excludes halogenated alkanes) is 1. The van der Waals surface area contributed by atoms with Crippen molar-refractivity contribution in [1.82, 2.24) is 15.5 Å². The quantitative estimate of drug-likeness (QED) is 0.813. The van der Waals surface area contributed by atoms with E-state index in [9.17, 15) is 4.79 Å². The fraction of sp³-hybridized carbons (Fsp3) is 0.533. The van der Waals surface area contributed by atoms with E-state index in [0.717, 1.165) is 36.8 Å². The van der Waals surface area contributed by atoms with Gasteiger partial charge in [-0.05, 0) is 18.9 Å². The molecule has 0 aliphatic rings. The van der Waals surface area contributed by atoms with Gasteiger partial charge in [0.05, 0.1) is 16.6 Å². The number of hydrogen-bond acceptors (Lipinski definition) is 5. The Morgan fingerprint density at radius 3 is 2.95 bits per heavy atom. The lowest BCUT2D eigenvalue weighted by Gasteiger charge is -2.16. The number of nitrogens with one attached hydrogen (secondary N) is 1. The van der Waals surface area contributed by atoms with Crippen molar-refractivity contribution in [3.8, 4) is 0 Å². The van der Waals surface area contributed by atoms with Crippen molar-refractivity contribution in [2.45, 2.75) is 45.6 Å². The monoisotopic (exact) mass is 290 g/mol. The number of fused-ring (bicyclic) bond motifs is 1. The summed E-state index contributed by atoms with van der Waals surface area (Å²) in [6, 6.07) is 1.78. The normalized spacial score (nSPS) is 12.5. The van der Waals surface area contributed by atoms with Gasteiger partial charge in [0.1, 0.15) is 0 Å². The highest BCUT2D eigenvalue weighted by atomic mass is 16.5. The number of hydrogen-bond donors (Lipinski definition) is 2. The Balaban J connectivity index is 2.14. The Labute approximate surface area is 124 Å². The van der Waals surface area contributed by atoms with Crippen molar-refractivity contribution >= 4 is 17.0 Å². The van der Waals surface area contributed by atoms with Gasteiger partial charge in [0.25, 0.3) is 11.6 Å². The van der Waals surface area contributed by atoms with Crippen LogP contribution in [0.25, 0.3) is 11.1 Å². The molecule has 1 atom stereocenters. The van der Waals surface area contributed by atoms with Crippen LogP contribution >= 0.6 is 0 Å². The number of nitrogens with zero attached hydrogens (tertiary/aromatic N) is 2. The van der Waals surface area contributed by atoms with Crippen LogP contribution in [0.4, 0.5) is 0 Å². The molecule has 21 heavy (non-hydrogen) atoms. The van der Waals surface area contributed by atoms with E-state index < -0.39 is 0 Å². The predicted molar refractivity (Wildman–Crippen MR) is 81.0 cm³/mol. The molecule has 0 aliphatic carbocycles. The molecule has 6 heteroatoms. The molecule has 6 nitrogen and oxygen atoms in total. The van der Waals surface area contributed by atoms with E-state index in [1.54, 1.807) is 6.07 Å². The number of aromatic nitrogens is 2. The maximum Gasteiger partial charge on any atom is 0.257 e. The van der Waals surface area contributed by atoms with Crippen LogP contribution in [-0.2, 0) is 6.42 Å². The van der Waals surface area contributed by atoms with Crippen molar-refractivity contribution in [1.29, 1.82) is 0 Å². The maximum atomic E-state index is 12.3. The first-order valence-corrected chi connectivity index (χ1v) is 7.44. The van der Waals surface area contributed by atoms with Crippen LogP contribution in [-0.4, -0.2) is 28.6 Å². The highest BCUT2D eigenvalue weighted by Gasteiger charge is 2.15. The maximum absolute atomic E-state index is 12.3. The van der Waals surface area contributed by atoms with Crippen LogP contribution < -0.4 is 11.1 Å². The third-order valence-electron chi connectivity index (χ3n) is 3.53. The summed E-state index contributed by atoms with van der Waals surface area (Å²) in [4.78, 5) is 16.4. The molecule has 114 valence electrons. The SMILES string of the molecule is CCCCC(CN)NC(=O)c1cnc2onc(CC)c2c1. The molecule has 1 unspecified atom stereocenters. The number of rotatable bonds is 7. The summed E-state index contributed by atoms with van der Waals surface area (Å²) in [5, 5.41) is 7.69. The summed E-state index contributed by atoms with van der Waals surface area (Å²) in [6.45, 7) is 4.54. The Morgan fingerprint density at radius 2 is 2.29 bits per heavy atom. The molecule has 0 saturated carbocycles. The van der Waals surface area contributed by atoms with Gasteiger partial charge < -0.3 is 15.6 Å². The standard InChI is InChI=1S/C15H22N4O2/c1-3-5-6-11(8-16)18-14(20)10-7-12-13(4-2)19-21-15(12)17-9-10/h7,9,11H,3-6,8,16H2,1-2H3,(H,18,20). The first-order chi connectivity index (χ1) is 10.2. The van der Waals surface area contributed by atoms with Gasteiger partial charge >= 0.3 is 0 Å². The molecule has 0 radical (unpaired) electrons. The largest absolute Gasteiger partial charge is 0.348 e. The summed E-state index contributed by atoms with van der Waals surface area (Å²) in [5.41, 5.74) is 7.49. The van der Waals surface area contributed by atoms with Gasteiger partial charge in [0.2, 0.25) is 0 Å². The number of aryl methyl sites for hydroxylation is 1. The number of amides is 1. The smallest absolute Gasteiger partial charge is 0.257 e. The molecular formula is C15H22N4O2. The topological polar surface area (TPSA) is 94.0 Å². The van der Waals surface area contributed by atoms with E-state index in [4.69, 9.17) is 10.3 Å². The second kappa shape index (κ2) is 7.17.